The van der Waals surface area contributed by atoms with Crippen LogP contribution in [0.1, 0.15) is 29.0 Å². The minimum Gasteiger partial charge on any atom is -0.464 e. The van der Waals surface area contributed by atoms with E-state index in [-0.39, 0.29) is 12.1 Å². The van der Waals surface area contributed by atoms with Crippen LogP contribution in [0.5, 0.6) is 0 Å². The smallest absolute Gasteiger partial charge is 0.315 e. The molecule has 7 nitrogen and oxygen atoms in total. The van der Waals surface area contributed by atoms with Crippen molar-refractivity contribution >= 4 is 11.7 Å². The van der Waals surface area contributed by atoms with Gasteiger partial charge in [0.1, 0.15) is 23.2 Å². The molecule has 7 heteroatoms. The number of hydrogen-bond donors (Lipinski definition) is 2. The van der Waals surface area contributed by atoms with Crippen molar-refractivity contribution in [2.24, 2.45) is 0 Å². The first-order valence-corrected chi connectivity index (χ1v) is 8.10. The van der Waals surface area contributed by atoms with E-state index < -0.39 is 0 Å². The third-order valence-corrected chi connectivity index (χ3v) is 3.92. The molecule has 0 radical (unpaired) electrons. The Kier molecular flexibility index (Phi) is 5.04. The molecule has 0 saturated carbocycles. The van der Waals surface area contributed by atoms with Crippen LogP contribution < -0.4 is 10.6 Å². The second kappa shape index (κ2) is 7.40. The molecule has 25 heavy (non-hydrogen) atoms. The van der Waals surface area contributed by atoms with Crippen molar-refractivity contribution in [3.05, 3.63) is 59.4 Å². The SMILES string of the molecule is COCC(NC(=O)NCc1cn2c(C)cccc2n1)c1ccc(C)o1. The number of furan rings is 1. The van der Waals surface area contributed by atoms with Crippen LogP contribution in [0.4, 0.5) is 4.79 Å². The molecule has 0 fully saturated rings. The Morgan fingerprint density at radius 3 is 2.84 bits per heavy atom. The minimum absolute atomic E-state index is 0.301. The number of aromatic nitrogens is 2. The third-order valence-electron chi connectivity index (χ3n) is 3.92. The van der Waals surface area contributed by atoms with E-state index in [2.05, 4.69) is 15.6 Å². The van der Waals surface area contributed by atoms with E-state index in [9.17, 15) is 4.79 Å². The first-order valence-electron chi connectivity index (χ1n) is 8.10. The standard InChI is InChI=1S/C18H22N4O3/c1-12-5-4-6-17-20-14(10-22(12)17)9-19-18(23)21-15(11-24-3)16-8-7-13(2)25-16/h4-8,10,15H,9,11H2,1-3H3,(H2,19,21,23). The van der Waals surface area contributed by atoms with Gasteiger partial charge >= 0.3 is 6.03 Å². The topological polar surface area (TPSA) is 80.8 Å². The average molecular weight is 342 g/mol. The van der Waals surface area contributed by atoms with Crippen LogP contribution in [0.3, 0.4) is 0 Å². The summed E-state index contributed by atoms with van der Waals surface area (Å²) in [4.78, 5) is 16.7. The maximum atomic E-state index is 12.2. The van der Waals surface area contributed by atoms with Gasteiger partial charge in [-0.3, -0.25) is 0 Å². The molecule has 3 rings (SSSR count). The van der Waals surface area contributed by atoms with Crippen molar-refractivity contribution in [2.45, 2.75) is 26.4 Å². The van der Waals surface area contributed by atoms with Gasteiger partial charge in [0.15, 0.2) is 0 Å². The Bertz CT molecular complexity index is 868. The van der Waals surface area contributed by atoms with E-state index in [4.69, 9.17) is 9.15 Å². The lowest BCUT2D eigenvalue weighted by Crippen LogP contribution is -2.39. The molecule has 132 valence electrons. The summed E-state index contributed by atoms with van der Waals surface area (Å²) in [6.45, 7) is 4.54. The van der Waals surface area contributed by atoms with Gasteiger partial charge in [-0.25, -0.2) is 9.78 Å². The van der Waals surface area contributed by atoms with Crippen molar-refractivity contribution in [3.63, 3.8) is 0 Å². The summed E-state index contributed by atoms with van der Waals surface area (Å²) >= 11 is 0. The molecular formula is C18H22N4O3. The normalized spacial score (nSPS) is 12.3. The largest absolute Gasteiger partial charge is 0.464 e. The number of rotatable bonds is 6. The first-order chi connectivity index (χ1) is 12.1. The lowest BCUT2D eigenvalue weighted by molar-refractivity contribution is 0.156. The van der Waals surface area contributed by atoms with Gasteiger partial charge in [-0.2, -0.15) is 0 Å². The number of urea groups is 1. The summed E-state index contributed by atoms with van der Waals surface area (Å²) in [6, 6.07) is 8.96. The molecule has 1 atom stereocenters. The molecule has 0 aliphatic heterocycles. The molecule has 1 unspecified atom stereocenters. The van der Waals surface area contributed by atoms with Crippen LogP contribution in [-0.4, -0.2) is 29.1 Å². The number of imidazole rings is 1. The number of methoxy groups -OCH3 is 1. The molecular weight excluding hydrogens is 320 g/mol. The Morgan fingerprint density at radius 1 is 1.32 bits per heavy atom. The monoisotopic (exact) mass is 342 g/mol. The van der Waals surface area contributed by atoms with Crippen molar-refractivity contribution < 1.29 is 13.9 Å². The molecule has 0 bridgehead atoms. The third kappa shape index (κ3) is 4.00. The molecule has 2 amide bonds. The summed E-state index contributed by atoms with van der Waals surface area (Å²) < 4.78 is 12.7. The zero-order valence-electron chi connectivity index (χ0n) is 14.6. The number of hydrogen-bond acceptors (Lipinski definition) is 4. The maximum Gasteiger partial charge on any atom is 0.315 e. The van der Waals surface area contributed by atoms with Gasteiger partial charge in [-0.05, 0) is 38.1 Å². The molecule has 3 aromatic rings. The summed E-state index contributed by atoms with van der Waals surface area (Å²) in [6.07, 6.45) is 1.92. The highest BCUT2D eigenvalue weighted by molar-refractivity contribution is 5.74. The van der Waals surface area contributed by atoms with Crippen LogP contribution >= 0.6 is 0 Å². The van der Waals surface area contributed by atoms with Gasteiger partial charge in [0.25, 0.3) is 0 Å². The van der Waals surface area contributed by atoms with E-state index in [1.807, 2.05) is 54.8 Å². The van der Waals surface area contributed by atoms with Gasteiger partial charge in [-0.15, -0.1) is 0 Å². The second-order valence-corrected chi connectivity index (χ2v) is 5.91. The fourth-order valence-corrected chi connectivity index (χ4v) is 2.67. The van der Waals surface area contributed by atoms with E-state index in [1.54, 1.807) is 7.11 Å². The highest BCUT2D eigenvalue weighted by atomic mass is 16.5. The molecule has 0 aliphatic carbocycles. The van der Waals surface area contributed by atoms with Gasteiger partial charge in [0.2, 0.25) is 0 Å². The van der Waals surface area contributed by atoms with Gasteiger partial charge in [-0.1, -0.05) is 6.07 Å². The molecule has 0 spiro atoms. The zero-order chi connectivity index (χ0) is 17.8. The van der Waals surface area contributed by atoms with E-state index in [0.717, 1.165) is 22.8 Å². The highest BCUT2D eigenvalue weighted by Gasteiger charge is 2.18. The molecule has 3 heterocycles. The van der Waals surface area contributed by atoms with E-state index in [0.29, 0.717) is 18.9 Å². The summed E-state index contributed by atoms with van der Waals surface area (Å²) in [5.74, 6) is 1.45. The van der Waals surface area contributed by atoms with Crippen molar-refractivity contribution in [3.8, 4) is 0 Å². The highest BCUT2D eigenvalue weighted by Crippen LogP contribution is 2.16. The van der Waals surface area contributed by atoms with Gasteiger partial charge < -0.3 is 24.2 Å². The zero-order valence-corrected chi connectivity index (χ0v) is 14.6. The minimum atomic E-state index is -0.345. The van der Waals surface area contributed by atoms with Gasteiger partial charge in [0.05, 0.1) is 18.8 Å². The Labute approximate surface area is 146 Å². The Morgan fingerprint density at radius 2 is 2.16 bits per heavy atom. The Hall–Kier alpha value is -2.80. The number of aryl methyl sites for hydroxylation is 2. The average Bonchev–Trinajstić information content (AvgIpc) is 3.19. The van der Waals surface area contributed by atoms with Crippen molar-refractivity contribution in [1.82, 2.24) is 20.0 Å². The van der Waals surface area contributed by atoms with Gasteiger partial charge in [0, 0.05) is 19.0 Å². The van der Waals surface area contributed by atoms with Crippen molar-refractivity contribution in [2.75, 3.05) is 13.7 Å². The van der Waals surface area contributed by atoms with Crippen molar-refractivity contribution in [1.29, 1.82) is 0 Å². The van der Waals surface area contributed by atoms with E-state index >= 15 is 0 Å². The van der Waals surface area contributed by atoms with Crippen LogP contribution in [0, 0.1) is 13.8 Å². The number of nitrogens with one attached hydrogen (secondary N) is 2. The summed E-state index contributed by atoms with van der Waals surface area (Å²) in [5, 5.41) is 5.68. The number of ether oxygens (including phenoxy) is 1. The predicted octanol–water partition coefficient (Wildman–Crippen LogP) is 2.73. The first kappa shape index (κ1) is 17.0. The second-order valence-electron chi connectivity index (χ2n) is 5.91. The number of carbonyl (C=O) groups is 1. The number of pyridine rings is 1. The van der Waals surface area contributed by atoms with Crippen LogP contribution in [0.2, 0.25) is 0 Å². The fraction of sp³-hybridized carbons (Fsp3) is 0.333. The maximum absolute atomic E-state index is 12.2. The molecule has 2 N–H and O–H groups in total. The van der Waals surface area contributed by atoms with E-state index in [1.165, 1.54) is 0 Å². The molecule has 0 aromatic carbocycles. The lowest BCUT2D eigenvalue weighted by Gasteiger charge is -2.16. The molecule has 3 aromatic heterocycles. The fourth-order valence-electron chi connectivity index (χ4n) is 2.67. The number of amides is 2. The molecule has 0 saturated heterocycles. The van der Waals surface area contributed by atoms with Crippen LogP contribution in [0.25, 0.3) is 5.65 Å². The number of carbonyl (C=O) groups excluding carboxylic acids is 1. The Balaban J connectivity index is 1.61. The number of nitrogens with zero attached hydrogens (tertiary/aromatic N) is 2. The van der Waals surface area contributed by atoms with Crippen LogP contribution in [0.15, 0.2) is 40.9 Å². The van der Waals surface area contributed by atoms with Crippen LogP contribution in [-0.2, 0) is 11.3 Å². The summed E-state index contributed by atoms with van der Waals surface area (Å²) in [5.41, 5.74) is 2.75. The lowest BCUT2D eigenvalue weighted by atomic mass is 10.2. The quantitative estimate of drug-likeness (QED) is 0.722. The number of fused-ring (bicyclic) bond motifs is 1. The summed E-state index contributed by atoms with van der Waals surface area (Å²) in [7, 11) is 1.58. The molecule has 0 aliphatic rings. The predicted molar refractivity (Wildman–Crippen MR) is 93.4 cm³/mol.